The Kier molecular flexibility index (Phi) is 4.69. The summed E-state index contributed by atoms with van der Waals surface area (Å²) in [4.78, 5) is 39.2. The molecule has 10 heteroatoms. The normalized spacial score (nSPS) is 16.8. The number of fused-ring (bicyclic) bond motifs is 3. The predicted molar refractivity (Wildman–Crippen MR) is 120 cm³/mol. The second-order valence-corrected chi connectivity index (χ2v) is 8.68. The van der Waals surface area contributed by atoms with Crippen LogP contribution in [0.15, 0.2) is 17.4 Å². The zero-order chi connectivity index (χ0) is 21.9. The van der Waals surface area contributed by atoms with E-state index in [4.69, 9.17) is 12.2 Å². The lowest BCUT2D eigenvalue weighted by Gasteiger charge is -2.23. The van der Waals surface area contributed by atoms with Crippen LogP contribution in [0, 0.1) is 0 Å². The molecule has 31 heavy (non-hydrogen) atoms. The van der Waals surface area contributed by atoms with E-state index < -0.39 is 0 Å². The summed E-state index contributed by atoms with van der Waals surface area (Å²) in [5.74, 6) is -0.178. The number of thiocarbonyl (C=S) groups is 1. The fourth-order valence-corrected chi connectivity index (χ4v) is 4.61. The number of nitrogens with one attached hydrogen (secondary N) is 2. The van der Waals surface area contributed by atoms with Crippen molar-refractivity contribution in [3.8, 4) is 0 Å². The number of aryl methyl sites for hydroxylation is 2. The van der Waals surface area contributed by atoms with Gasteiger partial charge in [-0.1, -0.05) is 0 Å². The van der Waals surface area contributed by atoms with E-state index in [9.17, 15) is 9.59 Å². The third-order valence-corrected chi connectivity index (χ3v) is 6.16. The third-order valence-electron chi connectivity index (χ3n) is 5.96. The first-order valence-corrected chi connectivity index (χ1v) is 11.1. The minimum atomic E-state index is -0.275. The molecule has 2 aliphatic rings. The molecule has 0 aromatic carbocycles. The number of amides is 2. The first kappa shape index (κ1) is 19.9. The van der Waals surface area contributed by atoms with Crippen molar-refractivity contribution in [1.29, 1.82) is 0 Å². The van der Waals surface area contributed by atoms with Gasteiger partial charge in [-0.2, -0.15) is 0 Å². The van der Waals surface area contributed by atoms with Crippen LogP contribution in [0.2, 0.25) is 0 Å². The lowest BCUT2D eigenvalue weighted by atomic mass is 10.2. The molecule has 0 bridgehead atoms. The Hall–Kier alpha value is -3.01. The Labute approximate surface area is 184 Å². The largest absolute Gasteiger partial charge is 0.342 e. The highest BCUT2D eigenvalue weighted by Gasteiger charge is 2.43. The molecule has 0 aliphatic heterocycles. The van der Waals surface area contributed by atoms with Crippen molar-refractivity contribution in [1.82, 2.24) is 29.3 Å². The second-order valence-electron chi connectivity index (χ2n) is 8.29. The fraction of sp³-hybridized carbons (Fsp3) is 0.476. The molecule has 162 valence electrons. The van der Waals surface area contributed by atoms with Gasteiger partial charge < -0.3 is 24.3 Å². The molecular formula is C21H25N7O2S. The zero-order valence-corrected chi connectivity index (χ0v) is 18.6. The van der Waals surface area contributed by atoms with Gasteiger partial charge in [-0.25, -0.2) is 9.98 Å². The number of aromatic amines is 1. The van der Waals surface area contributed by atoms with Gasteiger partial charge in [0.1, 0.15) is 22.4 Å². The maximum Gasteiger partial charge on any atom is 0.271 e. The number of nitrogens with zero attached hydrogens (tertiary/aromatic N) is 5. The van der Waals surface area contributed by atoms with Crippen LogP contribution in [-0.2, 0) is 18.4 Å². The number of rotatable bonds is 4. The summed E-state index contributed by atoms with van der Waals surface area (Å²) in [7, 11) is 1.89. The number of H-pyrrole nitrogens is 1. The summed E-state index contributed by atoms with van der Waals surface area (Å²) in [6.45, 7) is 4.05. The molecule has 0 unspecified atom stereocenters. The lowest BCUT2D eigenvalue weighted by Crippen LogP contribution is -2.36. The molecule has 2 saturated carbocycles. The third kappa shape index (κ3) is 3.34. The predicted octanol–water partition coefficient (Wildman–Crippen LogP) is 1.96. The van der Waals surface area contributed by atoms with E-state index >= 15 is 0 Å². The Morgan fingerprint density at radius 3 is 2.58 bits per heavy atom. The summed E-state index contributed by atoms with van der Waals surface area (Å²) < 4.78 is 3.94. The number of pyridine rings is 1. The molecule has 9 nitrogen and oxygen atoms in total. The van der Waals surface area contributed by atoms with E-state index in [1.807, 2.05) is 29.2 Å². The minimum absolute atomic E-state index is 0.0814. The van der Waals surface area contributed by atoms with E-state index in [0.717, 1.165) is 42.2 Å². The number of carbonyl (C=O) groups is 2. The number of hydrogen-bond donors (Lipinski definition) is 2. The fourth-order valence-electron chi connectivity index (χ4n) is 4.38. The van der Waals surface area contributed by atoms with Crippen molar-refractivity contribution in [2.24, 2.45) is 12.0 Å². The topological polar surface area (TPSA) is 100 Å². The monoisotopic (exact) mass is 439 g/mol. The van der Waals surface area contributed by atoms with Crippen molar-refractivity contribution >= 4 is 51.2 Å². The van der Waals surface area contributed by atoms with Crippen LogP contribution >= 0.6 is 12.2 Å². The summed E-state index contributed by atoms with van der Waals surface area (Å²) in [6, 6.07) is 2.71. The molecule has 2 amide bonds. The molecular weight excluding hydrogens is 414 g/mol. The zero-order valence-electron chi connectivity index (χ0n) is 17.8. The Balaban J connectivity index is 1.73. The minimum Gasteiger partial charge on any atom is -0.342 e. The van der Waals surface area contributed by atoms with Gasteiger partial charge in [0, 0.05) is 38.0 Å². The average Bonchev–Trinajstić information content (AvgIpc) is 3.64. The second kappa shape index (κ2) is 7.30. The SMILES string of the molecule is CCn1c(C(=O)N(C2CC2)C2CC2)cc2c3nc[nH]c3c(=NC(=S)NC(C)=O)n(C)c21. The van der Waals surface area contributed by atoms with E-state index in [1.54, 1.807) is 6.33 Å². The molecule has 0 spiro atoms. The van der Waals surface area contributed by atoms with Crippen LogP contribution in [0.5, 0.6) is 0 Å². The molecule has 0 saturated heterocycles. The Bertz CT molecular complexity index is 1290. The van der Waals surface area contributed by atoms with Crippen LogP contribution in [0.3, 0.4) is 0 Å². The van der Waals surface area contributed by atoms with Crippen molar-refractivity contribution < 1.29 is 9.59 Å². The summed E-state index contributed by atoms with van der Waals surface area (Å²) in [5.41, 5.74) is 3.50. The first-order chi connectivity index (χ1) is 14.9. The maximum absolute atomic E-state index is 13.6. The highest BCUT2D eigenvalue weighted by Crippen LogP contribution is 2.39. The first-order valence-electron chi connectivity index (χ1n) is 10.6. The van der Waals surface area contributed by atoms with Crippen LogP contribution in [0.4, 0.5) is 0 Å². The number of aromatic nitrogens is 4. The highest BCUT2D eigenvalue weighted by atomic mass is 32.1. The Morgan fingerprint density at radius 2 is 2.00 bits per heavy atom. The molecule has 2 fully saturated rings. The van der Waals surface area contributed by atoms with Gasteiger partial charge in [0.2, 0.25) is 11.0 Å². The highest BCUT2D eigenvalue weighted by molar-refractivity contribution is 7.80. The summed E-state index contributed by atoms with van der Waals surface area (Å²) in [5, 5.41) is 3.51. The molecule has 3 heterocycles. The molecule has 5 rings (SSSR count). The van der Waals surface area contributed by atoms with Crippen molar-refractivity contribution in [2.45, 2.75) is 58.2 Å². The van der Waals surface area contributed by atoms with Gasteiger partial charge in [0.25, 0.3) is 5.91 Å². The molecule has 2 N–H and O–H groups in total. The van der Waals surface area contributed by atoms with Crippen molar-refractivity contribution in [2.75, 3.05) is 0 Å². The van der Waals surface area contributed by atoms with Crippen molar-refractivity contribution in [3.63, 3.8) is 0 Å². The van der Waals surface area contributed by atoms with E-state index in [-0.39, 0.29) is 16.9 Å². The quantitative estimate of drug-likeness (QED) is 0.607. The Morgan fingerprint density at radius 1 is 1.32 bits per heavy atom. The lowest BCUT2D eigenvalue weighted by molar-refractivity contribution is -0.117. The van der Waals surface area contributed by atoms with Crippen LogP contribution in [-0.4, -0.2) is 53.0 Å². The van der Waals surface area contributed by atoms with E-state index in [0.29, 0.717) is 35.3 Å². The average molecular weight is 440 g/mol. The standard InChI is InChI=1S/C21H25N7O2S/c1-4-27-15(20(30)28(12-5-6-12)13-7-8-13)9-14-16-17(23-10-22-16)18(26(3)19(14)27)25-21(31)24-11(2)29/h9-10,12-13H,4-8H2,1-3H3,(H,22,23)(H,24,29,31). The molecule has 0 radical (unpaired) electrons. The van der Waals surface area contributed by atoms with E-state index in [1.165, 1.54) is 6.92 Å². The molecule has 3 aromatic rings. The van der Waals surface area contributed by atoms with Gasteiger partial charge in [-0.15, -0.1) is 0 Å². The van der Waals surface area contributed by atoms with E-state index in [2.05, 4.69) is 25.2 Å². The van der Waals surface area contributed by atoms with Gasteiger partial charge in [-0.3, -0.25) is 9.59 Å². The maximum atomic E-state index is 13.6. The summed E-state index contributed by atoms with van der Waals surface area (Å²) >= 11 is 5.23. The number of hydrogen-bond acceptors (Lipinski definition) is 4. The molecule has 3 aromatic heterocycles. The number of carbonyl (C=O) groups excluding carboxylic acids is 2. The van der Waals surface area contributed by atoms with Crippen LogP contribution in [0.25, 0.3) is 22.1 Å². The van der Waals surface area contributed by atoms with Crippen LogP contribution in [0.1, 0.15) is 50.0 Å². The van der Waals surface area contributed by atoms with Crippen LogP contribution < -0.4 is 10.8 Å². The summed E-state index contributed by atoms with van der Waals surface area (Å²) in [6.07, 6.45) is 5.98. The smallest absolute Gasteiger partial charge is 0.271 e. The van der Waals surface area contributed by atoms with Crippen molar-refractivity contribution in [3.05, 3.63) is 23.6 Å². The number of imidazole rings is 1. The van der Waals surface area contributed by atoms with Gasteiger partial charge >= 0.3 is 0 Å². The van der Waals surface area contributed by atoms with Gasteiger partial charge in [0.15, 0.2) is 5.49 Å². The van der Waals surface area contributed by atoms with Gasteiger partial charge in [0.05, 0.1) is 6.33 Å². The molecule has 2 aliphatic carbocycles. The molecule has 0 atom stereocenters. The van der Waals surface area contributed by atoms with Gasteiger partial charge in [-0.05, 0) is 50.9 Å².